The van der Waals surface area contributed by atoms with Crippen molar-refractivity contribution in [3.8, 4) is 6.07 Å². The van der Waals surface area contributed by atoms with E-state index in [1.165, 1.54) is 0 Å². The maximum absolute atomic E-state index is 9.43. The van der Waals surface area contributed by atoms with Gasteiger partial charge in [-0.25, -0.2) is 0 Å². The molecule has 0 radical (unpaired) electrons. The van der Waals surface area contributed by atoms with Crippen molar-refractivity contribution in [2.75, 3.05) is 0 Å². The van der Waals surface area contributed by atoms with Crippen molar-refractivity contribution in [2.45, 2.75) is 59.3 Å². The highest BCUT2D eigenvalue weighted by atomic mass is 14.7. The SMILES string of the molecule is Cc1cc(C(C)(C)C)c(C#N)c(C(C)(C)C)n1. The zero-order chi connectivity index (χ0) is 13.4. The van der Waals surface area contributed by atoms with Gasteiger partial charge in [-0.1, -0.05) is 41.5 Å². The number of nitriles is 1. The van der Waals surface area contributed by atoms with Gasteiger partial charge in [0.2, 0.25) is 0 Å². The molecule has 2 nitrogen and oxygen atoms in total. The maximum atomic E-state index is 9.43. The minimum Gasteiger partial charge on any atom is -0.256 e. The van der Waals surface area contributed by atoms with Gasteiger partial charge in [-0.2, -0.15) is 5.26 Å². The van der Waals surface area contributed by atoms with Crippen LogP contribution in [0.25, 0.3) is 0 Å². The van der Waals surface area contributed by atoms with Crippen LogP contribution in [-0.2, 0) is 10.8 Å². The van der Waals surface area contributed by atoms with E-state index in [0.29, 0.717) is 0 Å². The van der Waals surface area contributed by atoms with Gasteiger partial charge >= 0.3 is 0 Å². The molecule has 0 spiro atoms. The molecule has 2 heteroatoms. The second-order valence-corrected chi connectivity index (χ2v) is 6.65. The highest BCUT2D eigenvalue weighted by Crippen LogP contribution is 2.32. The molecule has 1 heterocycles. The first-order chi connectivity index (χ1) is 7.57. The number of hydrogen-bond donors (Lipinski definition) is 0. The summed E-state index contributed by atoms with van der Waals surface area (Å²) in [4.78, 5) is 4.57. The van der Waals surface area contributed by atoms with Crippen LogP contribution in [0.3, 0.4) is 0 Å². The molecule has 0 amide bonds. The third-order valence-corrected chi connectivity index (χ3v) is 2.78. The monoisotopic (exact) mass is 230 g/mol. The van der Waals surface area contributed by atoms with Gasteiger partial charge in [-0.05, 0) is 24.0 Å². The Balaban J connectivity index is 3.66. The van der Waals surface area contributed by atoms with Crippen LogP contribution in [0.4, 0.5) is 0 Å². The van der Waals surface area contributed by atoms with Crippen LogP contribution >= 0.6 is 0 Å². The Morgan fingerprint density at radius 2 is 1.59 bits per heavy atom. The Labute approximate surface area is 105 Å². The summed E-state index contributed by atoms with van der Waals surface area (Å²) in [6.07, 6.45) is 0. The van der Waals surface area contributed by atoms with E-state index in [2.05, 4.69) is 52.6 Å². The van der Waals surface area contributed by atoms with Gasteiger partial charge in [-0.15, -0.1) is 0 Å². The summed E-state index contributed by atoms with van der Waals surface area (Å²) in [6.45, 7) is 14.7. The molecule has 0 aliphatic heterocycles. The lowest BCUT2D eigenvalue weighted by molar-refractivity contribution is 0.547. The number of nitrogens with zero attached hydrogens (tertiary/aromatic N) is 2. The molecule has 17 heavy (non-hydrogen) atoms. The van der Waals surface area contributed by atoms with Crippen LogP contribution in [0.15, 0.2) is 6.07 Å². The lowest BCUT2D eigenvalue weighted by atomic mass is 9.79. The molecule has 0 N–H and O–H groups in total. The zero-order valence-corrected chi connectivity index (χ0v) is 12.0. The maximum Gasteiger partial charge on any atom is 0.101 e. The van der Waals surface area contributed by atoms with E-state index < -0.39 is 0 Å². The van der Waals surface area contributed by atoms with Crippen LogP contribution in [-0.4, -0.2) is 4.98 Å². The number of rotatable bonds is 0. The molecule has 0 saturated carbocycles. The zero-order valence-electron chi connectivity index (χ0n) is 12.0. The van der Waals surface area contributed by atoms with Gasteiger partial charge in [-0.3, -0.25) is 4.98 Å². The van der Waals surface area contributed by atoms with Crippen molar-refractivity contribution in [3.63, 3.8) is 0 Å². The molecule has 1 aromatic heterocycles. The first-order valence-corrected chi connectivity index (χ1v) is 6.00. The van der Waals surface area contributed by atoms with Gasteiger partial charge in [0, 0.05) is 11.1 Å². The smallest absolute Gasteiger partial charge is 0.101 e. The van der Waals surface area contributed by atoms with Crippen LogP contribution in [0.2, 0.25) is 0 Å². The molecule has 0 bridgehead atoms. The molecule has 0 fully saturated rings. The normalized spacial score (nSPS) is 12.4. The molecule has 0 saturated heterocycles. The van der Waals surface area contributed by atoms with Gasteiger partial charge < -0.3 is 0 Å². The molecule has 92 valence electrons. The predicted octanol–water partition coefficient (Wildman–Crippen LogP) is 3.86. The minimum atomic E-state index is -0.100. The Morgan fingerprint density at radius 1 is 1.06 bits per heavy atom. The van der Waals surface area contributed by atoms with Crippen LogP contribution in [0.5, 0.6) is 0 Å². The quantitative estimate of drug-likeness (QED) is 0.678. The number of hydrogen-bond acceptors (Lipinski definition) is 2. The fraction of sp³-hybridized carbons (Fsp3) is 0.600. The summed E-state index contributed by atoms with van der Waals surface area (Å²) in [5, 5.41) is 9.43. The lowest BCUT2D eigenvalue weighted by Gasteiger charge is -2.26. The number of aromatic nitrogens is 1. The average Bonchev–Trinajstić information content (AvgIpc) is 2.13. The van der Waals surface area contributed by atoms with E-state index >= 15 is 0 Å². The van der Waals surface area contributed by atoms with Crippen molar-refractivity contribution in [1.82, 2.24) is 4.98 Å². The summed E-state index contributed by atoms with van der Waals surface area (Å²) in [6, 6.07) is 4.38. The molecule has 1 aromatic rings. The average molecular weight is 230 g/mol. The first-order valence-electron chi connectivity index (χ1n) is 6.00. The minimum absolute atomic E-state index is 0.0290. The summed E-state index contributed by atoms with van der Waals surface area (Å²) >= 11 is 0. The second-order valence-electron chi connectivity index (χ2n) is 6.65. The second kappa shape index (κ2) is 4.14. The predicted molar refractivity (Wildman–Crippen MR) is 71.1 cm³/mol. The topological polar surface area (TPSA) is 36.7 Å². The van der Waals surface area contributed by atoms with Crippen molar-refractivity contribution in [1.29, 1.82) is 5.26 Å². The Hall–Kier alpha value is -1.36. The molecule has 0 unspecified atom stereocenters. The summed E-state index contributed by atoms with van der Waals surface area (Å²) in [5.74, 6) is 0. The standard InChI is InChI=1S/C15H22N2/c1-10-8-12(14(2,3)4)11(9-16)13(17-10)15(5,6)7/h8H,1-7H3. The van der Waals surface area contributed by atoms with Crippen LogP contribution in [0, 0.1) is 18.3 Å². The largest absolute Gasteiger partial charge is 0.256 e. The van der Waals surface area contributed by atoms with Gasteiger partial charge in [0.1, 0.15) is 6.07 Å². The van der Waals surface area contributed by atoms with E-state index in [0.717, 1.165) is 22.5 Å². The fourth-order valence-corrected chi connectivity index (χ4v) is 1.92. The highest BCUT2D eigenvalue weighted by Gasteiger charge is 2.27. The molecular formula is C15H22N2. The third-order valence-electron chi connectivity index (χ3n) is 2.78. The van der Waals surface area contributed by atoms with Crippen molar-refractivity contribution in [2.24, 2.45) is 0 Å². The molecule has 0 atom stereocenters. The Kier molecular flexibility index (Phi) is 3.34. The molecule has 0 aliphatic rings. The van der Waals surface area contributed by atoms with Crippen molar-refractivity contribution in [3.05, 3.63) is 28.6 Å². The highest BCUT2D eigenvalue weighted by molar-refractivity contribution is 5.47. The molecule has 0 aliphatic carbocycles. The van der Waals surface area contributed by atoms with E-state index in [1.54, 1.807) is 0 Å². The van der Waals surface area contributed by atoms with Crippen LogP contribution in [0.1, 0.15) is 64.1 Å². The Bertz CT molecular complexity index is 430. The molecule has 1 rings (SSSR count). The molecule has 0 aromatic carbocycles. The van der Waals surface area contributed by atoms with Gasteiger partial charge in [0.25, 0.3) is 0 Å². The summed E-state index contributed by atoms with van der Waals surface area (Å²) in [7, 11) is 0. The van der Waals surface area contributed by atoms with Crippen molar-refractivity contribution < 1.29 is 0 Å². The van der Waals surface area contributed by atoms with Gasteiger partial charge in [0.05, 0.1) is 11.3 Å². The summed E-state index contributed by atoms with van der Waals surface area (Å²) in [5.41, 5.74) is 3.60. The van der Waals surface area contributed by atoms with E-state index in [-0.39, 0.29) is 10.8 Å². The third kappa shape index (κ3) is 2.85. The first kappa shape index (κ1) is 13.7. The molecular weight excluding hydrogens is 208 g/mol. The Morgan fingerprint density at radius 3 is 1.94 bits per heavy atom. The van der Waals surface area contributed by atoms with E-state index in [9.17, 15) is 5.26 Å². The number of pyridine rings is 1. The van der Waals surface area contributed by atoms with E-state index in [1.807, 2.05) is 13.0 Å². The lowest BCUT2D eigenvalue weighted by Crippen LogP contribution is -2.22. The number of aryl methyl sites for hydroxylation is 1. The van der Waals surface area contributed by atoms with E-state index in [4.69, 9.17) is 0 Å². The summed E-state index contributed by atoms with van der Waals surface area (Å²) < 4.78 is 0. The van der Waals surface area contributed by atoms with Crippen LogP contribution < -0.4 is 0 Å². The van der Waals surface area contributed by atoms with Crippen molar-refractivity contribution >= 4 is 0 Å². The fourth-order valence-electron chi connectivity index (χ4n) is 1.92. The van der Waals surface area contributed by atoms with Gasteiger partial charge in [0.15, 0.2) is 0 Å².